The highest BCUT2D eigenvalue weighted by Crippen LogP contribution is 2.10. The Labute approximate surface area is 122 Å². The minimum Gasteiger partial charge on any atom is -0.350 e. The number of aromatic nitrogens is 2. The van der Waals surface area contributed by atoms with Crippen LogP contribution in [0.25, 0.3) is 0 Å². The molecule has 0 fully saturated rings. The summed E-state index contributed by atoms with van der Waals surface area (Å²) in [5.74, 6) is 4.57. The van der Waals surface area contributed by atoms with Gasteiger partial charge >= 0.3 is 0 Å². The largest absolute Gasteiger partial charge is 0.350 e. The Kier molecular flexibility index (Phi) is 5.07. The van der Waals surface area contributed by atoms with Gasteiger partial charge in [0.1, 0.15) is 5.82 Å². The lowest BCUT2D eigenvalue weighted by Crippen LogP contribution is -2.28. The average molecular weight is 286 g/mol. The second kappa shape index (κ2) is 7.22. The minimum atomic E-state index is -0.481. The Morgan fingerprint density at radius 2 is 2.33 bits per heavy atom. The van der Waals surface area contributed by atoms with Crippen molar-refractivity contribution in [1.29, 1.82) is 0 Å². The molecule has 2 rings (SSSR count). The number of halogens is 1. The quantitative estimate of drug-likeness (QED) is 0.815. The number of hydrogen-bond donors (Lipinski definition) is 2. The SMILES string of the molecule is NCC#Cc1ccc(F)cc1C(=O)NCCn1cccn1. The molecule has 1 aromatic carbocycles. The van der Waals surface area contributed by atoms with E-state index >= 15 is 0 Å². The molecule has 1 heterocycles. The Hall–Kier alpha value is -2.65. The van der Waals surface area contributed by atoms with E-state index in [4.69, 9.17) is 5.73 Å². The van der Waals surface area contributed by atoms with E-state index in [1.165, 1.54) is 18.2 Å². The first kappa shape index (κ1) is 14.8. The summed E-state index contributed by atoms with van der Waals surface area (Å²) in [4.78, 5) is 12.1. The highest BCUT2D eigenvalue weighted by molar-refractivity contribution is 5.96. The summed E-state index contributed by atoms with van der Waals surface area (Å²) in [6.07, 6.45) is 3.46. The van der Waals surface area contributed by atoms with Crippen LogP contribution in [0.15, 0.2) is 36.7 Å². The summed E-state index contributed by atoms with van der Waals surface area (Å²) in [6.45, 7) is 1.11. The van der Waals surface area contributed by atoms with Crippen LogP contribution in [-0.4, -0.2) is 28.8 Å². The highest BCUT2D eigenvalue weighted by atomic mass is 19.1. The maximum atomic E-state index is 13.3. The lowest BCUT2D eigenvalue weighted by atomic mass is 10.1. The van der Waals surface area contributed by atoms with Crippen LogP contribution in [-0.2, 0) is 6.54 Å². The van der Waals surface area contributed by atoms with Crippen molar-refractivity contribution in [3.63, 3.8) is 0 Å². The summed E-state index contributed by atoms with van der Waals surface area (Å²) in [7, 11) is 0. The number of carbonyl (C=O) groups is 1. The molecule has 0 saturated carbocycles. The van der Waals surface area contributed by atoms with E-state index < -0.39 is 5.82 Å². The zero-order valence-corrected chi connectivity index (χ0v) is 11.3. The molecule has 108 valence electrons. The van der Waals surface area contributed by atoms with Crippen LogP contribution < -0.4 is 11.1 Å². The molecule has 1 amide bonds. The standard InChI is InChI=1S/C15H15FN4O/c16-13-5-4-12(3-1-6-17)14(11-13)15(21)18-8-10-20-9-2-7-19-20/h2,4-5,7,9,11H,6,8,10,17H2,(H,18,21). The Bertz CT molecular complexity index is 671. The molecule has 0 aliphatic heterocycles. The van der Waals surface area contributed by atoms with Gasteiger partial charge in [-0.25, -0.2) is 4.39 Å². The molecule has 0 unspecified atom stereocenters. The number of nitrogens with zero attached hydrogens (tertiary/aromatic N) is 2. The zero-order valence-electron chi connectivity index (χ0n) is 11.3. The van der Waals surface area contributed by atoms with Crippen LogP contribution in [0.5, 0.6) is 0 Å². The van der Waals surface area contributed by atoms with E-state index in [0.717, 1.165) is 0 Å². The van der Waals surface area contributed by atoms with Crippen molar-refractivity contribution >= 4 is 5.91 Å². The number of hydrogen-bond acceptors (Lipinski definition) is 3. The van der Waals surface area contributed by atoms with Gasteiger partial charge in [-0.15, -0.1) is 0 Å². The van der Waals surface area contributed by atoms with Gasteiger partial charge in [-0.05, 0) is 24.3 Å². The van der Waals surface area contributed by atoms with Crippen LogP contribution in [0.4, 0.5) is 4.39 Å². The Balaban J connectivity index is 2.05. The fraction of sp³-hybridized carbons (Fsp3) is 0.200. The van der Waals surface area contributed by atoms with Crippen LogP contribution in [0, 0.1) is 17.7 Å². The van der Waals surface area contributed by atoms with Crippen LogP contribution >= 0.6 is 0 Å². The van der Waals surface area contributed by atoms with E-state index in [0.29, 0.717) is 18.7 Å². The van der Waals surface area contributed by atoms with Gasteiger partial charge in [0.25, 0.3) is 5.91 Å². The first-order chi connectivity index (χ1) is 10.2. The minimum absolute atomic E-state index is 0.178. The van der Waals surface area contributed by atoms with E-state index in [1.54, 1.807) is 23.1 Å². The van der Waals surface area contributed by atoms with Gasteiger partial charge in [0, 0.05) is 24.5 Å². The van der Waals surface area contributed by atoms with Gasteiger partial charge < -0.3 is 11.1 Å². The average Bonchev–Trinajstić information content (AvgIpc) is 2.99. The summed E-state index contributed by atoms with van der Waals surface area (Å²) < 4.78 is 15.0. The number of benzene rings is 1. The molecule has 0 aliphatic carbocycles. The maximum Gasteiger partial charge on any atom is 0.252 e. The monoisotopic (exact) mass is 286 g/mol. The van der Waals surface area contributed by atoms with E-state index in [9.17, 15) is 9.18 Å². The normalized spacial score (nSPS) is 9.81. The number of amides is 1. The molecule has 0 atom stereocenters. The van der Waals surface area contributed by atoms with Crippen molar-refractivity contribution < 1.29 is 9.18 Å². The number of rotatable bonds is 4. The van der Waals surface area contributed by atoms with Crippen molar-refractivity contribution in [2.45, 2.75) is 6.54 Å². The summed E-state index contributed by atoms with van der Waals surface area (Å²) >= 11 is 0. The van der Waals surface area contributed by atoms with Crippen molar-refractivity contribution in [2.75, 3.05) is 13.1 Å². The highest BCUT2D eigenvalue weighted by Gasteiger charge is 2.11. The molecule has 0 saturated heterocycles. The smallest absolute Gasteiger partial charge is 0.252 e. The molecule has 2 aromatic rings. The van der Waals surface area contributed by atoms with Crippen molar-refractivity contribution in [3.05, 3.63) is 53.6 Å². The van der Waals surface area contributed by atoms with Crippen LogP contribution in [0.2, 0.25) is 0 Å². The van der Waals surface area contributed by atoms with Gasteiger partial charge in [0.2, 0.25) is 0 Å². The summed E-state index contributed by atoms with van der Waals surface area (Å²) in [6, 6.07) is 5.71. The number of carbonyl (C=O) groups excluding carboxylic acids is 1. The predicted octanol–water partition coefficient (Wildman–Crippen LogP) is 0.762. The Morgan fingerprint density at radius 1 is 1.48 bits per heavy atom. The molecule has 0 aliphatic rings. The Morgan fingerprint density at radius 3 is 3.05 bits per heavy atom. The van der Waals surface area contributed by atoms with Crippen LogP contribution in [0.3, 0.4) is 0 Å². The topological polar surface area (TPSA) is 72.9 Å². The molecular formula is C15H15FN4O. The third-order valence-corrected chi connectivity index (χ3v) is 2.74. The molecule has 0 bridgehead atoms. The van der Waals surface area contributed by atoms with Crippen molar-refractivity contribution in [2.24, 2.45) is 5.73 Å². The second-order valence-corrected chi connectivity index (χ2v) is 4.22. The fourth-order valence-corrected chi connectivity index (χ4v) is 1.77. The third kappa shape index (κ3) is 4.16. The first-order valence-electron chi connectivity index (χ1n) is 6.45. The van der Waals surface area contributed by atoms with Gasteiger partial charge in [-0.3, -0.25) is 9.48 Å². The molecule has 21 heavy (non-hydrogen) atoms. The molecule has 1 aromatic heterocycles. The predicted molar refractivity (Wildman–Crippen MR) is 76.9 cm³/mol. The zero-order chi connectivity index (χ0) is 15.1. The van der Waals surface area contributed by atoms with Gasteiger partial charge in [0.15, 0.2) is 0 Å². The van der Waals surface area contributed by atoms with Crippen molar-refractivity contribution in [1.82, 2.24) is 15.1 Å². The third-order valence-electron chi connectivity index (χ3n) is 2.74. The first-order valence-corrected chi connectivity index (χ1v) is 6.45. The van der Waals surface area contributed by atoms with Crippen LogP contribution in [0.1, 0.15) is 15.9 Å². The molecule has 6 heteroatoms. The summed E-state index contributed by atoms with van der Waals surface area (Å²) in [5.41, 5.74) is 5.97. The van der Waals surface area contributed by atoms with Gasteiger partial charge in [-0.2, -0.15) is 5.10 Å². The molecule has 3 N–H and O–H groups in total. The molecule has 0 radical (unpaired) electrons. The van der Waals surface area contributed by atoms with Crippen molar-refractivity contribution in [3.8, 4) is 11.8 Å². The molecule has 5 nitrogen and oxygen atoms in total. The van der Waals surface area contributed by atoms with E-state index in [-0.39, 0.29) is 18.0 Å². The lowest BCUT2D eigenvalue weighted by Gasteiger charge is -2.07. The summed E-state index contributed by atoms with van der Waals surface area (Å²) in [5, 5.41) is 6.74. The maximum absolute atomic E-state index is 13.3. The lowest BCUT2D eigenvalue weighted by molar-refractivity contribution is 0.0951. The fourth-order valence-electron chi connectivity index (χ4n) is 1.77. The van der Waals surface area contributed by atoms with E-state index in [1.807, 2.05) is 0 Å². The van der Waals surface area contributed by atoms with E-state index in [2.05, 4.69) is 22.3 Å². The second-order valence-electron chi connectivity index (χ2n) is 4.22. The number of nitrogens with one attached hydrogen (secondary N) is 1. The van der Waals surface area contributed by atoms with Gasteiger partial charge in [-0.1, -0.05) is 11.8 Å². The molecule has 0 spiro atoms. The molecular weight excluding hydrogens is 271 g/mol. The van der Waals surface area contributed by atoms with Gasteiger partial charge in [0.05, 0.1) is 18.7 Å². The number of nitrogens with two attached hydrogens (primary N) is 1.